The molecule has 0 atom stereocenters. The number of hydrogen-bond donors (Lipinski definition) is 1. The highest BCUT2D eigenvalue weighted by atomic mass is 32.2. The van der Waals surface area contributed by atoms with Gasteiger partial charge < -0.3 is 5.32 Å². The molecule has 0 radical (unpaired) electrons. The first kappa shape index (κ1) is 15.3. The molecule has 0 fully saturated rings. The van der Waals surface area contributed by atoms with Gasteiger partial charge in [0.25, 0.3) is 0 Å². The number of nitrogens with zero attached hydrogens (tertiary/aromatic N) is 1. The average molecular weight is 296 g/mol. The van der Waals surface area contributed by atoms with Crippen molar-refractivity contribution in [3.63, 3.8) is 0 Å². The van der Waals surface area contributed by atoms with Gasteiger partial charge in [0.05, 0.1) is 4.90 Å². The molecule has 112 valence electrons. The lowest BCUT2D eigenvalue weighted by Gasteiger charge is -2.26. The lowest BCUT2D eigenvalue weighted by atomic mass is 10.0. The van der Waals surface area contributed by atoms with E-state index in [1.165, 1.54) is 0 Å². The van der Waals surface area contributed by atoms with E-state index in [9.17, 15) is 8.42 Å². The van der Waals surface area contributed by atoms with Gasteiger partial charge in [-0.05, 0) is 36.5 Å². The summed E-state index contributed by atoms with van der Waals surface area (Å²) >= 11 is 0. The van der Waals surface area contributed by atoms with Crippen molar-refractivity contribution in [2.24, 2.45) is 5.92 Å². The number of sulfonamides is 1. The van der Waals surface area contributed by atoms with Crippen LogP contribution in [0.25, 0.3) is 0 Å². The largest absolute Gasteiger partial charge is 0.385 e. The summed E-state index contributed by atoms with van der Waals surface area (Å²) in [5.41, 5.74) is 1.92. The van der Waals surface area contributed by atoms with Crippen LogP contribution in [0, 0.1) is 5.92 Å². The fraction of sp³-hybridized carbons (Fsp3) is 0.600. The molecule has 4 nitrogen and oxygen atoms in total. The maximum Gasteiger partial charge on any atom is 0.243 e. The molecule has 5 heteroatoms. The Balaban J connectivity index is 2.43. The summed E-state index contributed by atoms with van der Waals surface area (Å²) in [6, 6.07) is 5.53. The summed E-state index contributed by atoms with van der Waals surface area (Å²) in [6.07, 6.45) is 1.81. The van der Waals surface area contributed by atoms with Gasteiger partial charge in [0.1, 0.15) is 0 Å². The number of benzene rings is 1. The first-order chi connectivity index (χ1) is 9.46. The van der Waals surface area contributed by atoms with Gasteiger partial charge in [0, 0.05) is 25.3 Å². The molecule has 0 amide bonds. The lowest BCUT2D eigenvalue weighted by Crippen LogP contribution is -2.35. The Labute approximate surface area is 122 Å². The van der Waals surface area contributed by atoms with Gasteiger partial charge >= 0.3 is 0 Å². The van der Waals surface area contributed by atoms with E-state index in [1.54, 1.807) is 10.4 Å². The molecule has 1 aliphatic heterocycles. The van der Waals surface area contributed by atoms with Crippen LogP contribution in [0.1, 0.15) is 32.8 Å². The maximum absolute atomic E-state index is 12.9. The molecule has 0 aliphatic carbocycles. The van der Waals surface area contributed by atoms with Crippen molar-refractivity contribution in [3.8, 4) is 0 Å². The maximum atomic E-state index is 12.9. The third kappa shape index (κ3) is 2.99. The predicted molar refractivity (Wildman–Crippen MR) is 82.5 cm³/mol. The molecule has 1 N–H and O–H groups in total. The Morgan fingerprint density at radius 1 is 1.35 bits per heavy atom. The summed E-state index contributed by atoms with van der Waals surface area (Å²) in [5.74, 6) is 0.322. The van der Waals surface area contributed by atoms with E-state index in [-0.39, 0.29) is 0 Å². The molecule has 0 unspecified atom stereocenters. The molecule has 0 saturated heterocycles. The minimum absolute atomic E-state index is 0.322. The van der Waals surface area contributed by atoms with Gasteiger partial charge in [0.15, 0.2) is 0 Å². The van der Waals surface area contributed by atoms with Crippen LogP contribution in [0.5, 0.6) is 0 Å². The quantitative estimate of drug-likeness (QED) is 0.909. The van der Waals surface area contributed by atoms with E-state index >= 15 is 0 Å². The molecule has 1 aromatic rings. The van der Waals surface area contributed by atoms with Gasteiger partial charge in [-0.1, -0.05) is 26.8 Å². The number of fused-ring (bicyclic) bond motifs is 1. The Kier molecular flexibility index (Phi) is 4.70. The zero-order chi connectivity index (χ0) is 14.8. The van der Waals surface area contributed by atoms with E-state index < -0.39 is 10.0 Å². The van der Waals surface area contributed by atoms with Crippen molar-refractivity contribution >= 4 is 15.7 Å². The number of hydrogen-bond acceptors (Lipinski definition) is 3. The smallest absolute Gasteiger partial charge is 0.243 e. The van der Waals surface area contributed by atoms with Crippen molar-refractivity contribution < 1.29 is 8.42 Å². The molecule has 20 heavy (non-hydrogen) atoms. The van der Waals surface area contributed by atoms with Gasteiger partial charge in [-0.15, -0.1) is 0 Å². The predicted octanol–water partition coefficient (Wildman–Crippen LogP) is 2.71. The Morgan fingerprint density at radius 2 is 2.10 bits per heavy atom. The third-order valence-corrected chi connectivity index (χ3v) is 5.62. The topological polar surface area (TPSA) is 49.4 Å². The van der Waals surface area contributed by atoms with E-state index in [0.717, 1.165) is 30.6 Å². The van der Waals surface area contributed by atoms with Crippen LogP contribution in [-0.4, -0.2) is 32.4 Å². The molecule has 1 aromatic carbocycles. The second kappa shape index (κ2) is 6.14. The van der Waals surface area contributed by atoms with E-state index in [2.05, 4.69) is 5.32 Å². The van der Waals surface area contributed by atoms with E-state index in [4.69, 9.17) is 0 Å². The first-order valence-electron chi connectivity index (χ1n) is 7.32. The molecule has 0 spiro atoms. The summed E-state index contributed by atoms with van der Waals surface area (Å²) in [4.78, 5) is 0.477. The normalized spacial score (nSPS) is 15.2. The zero-order valence-electron chi connectivity index (χ0n) is 12.5. The standard InChI is InChI=1S/C15H24N2O2S/c1-4-17(11-12(2)3)20(18,19)15-9-5-8-14-13(15)7-6-10-16-14/h5,8-9,12,16H,4,6-7,10-11H2,1-3H3. The second-order valence-corrected chi connectivity index (χ2v) is 7.57. The Morgan fingerprint density at radius 3 is 2.75 bits per heavy atom. The van der Waals surface area contributed by atoms with E-state index in [0.29, 0.717) is 23.9 Å². The molecule has 0 aromatic heterocycles. The summed E-state index contributed by atoms with van der Waals surface area (Å²) in [6.45, 7) is 7.97. The van der Waals surface area contributed by atoms with Crippen LogP contribution >= 0.6 is 0 Å². The number of anilines is 1. The van der Waals surface area contributed by atoms with Crippen LogP contribution in [-0.2, 0) is 16.4 Å². The van der Waals surface area contributed by atoms with Gasteiger partial charge in [-0.25, -0.2) is 8.42 Å². The van der Waals surface area contributed by atoms with Crippen molar-refractivity contribution in [1.29, 1.82) is 0 Å². The SMILES string of the molecule is CCN(CC(C)C)S(=O)(=O)c1cccc2c1CCCN2. The minimum Gasteiger partial charge on any atom is -0.385 e. The second-order valence-electron chi connectivity index (χ2n) is 5.66. The molecular formula is C15H24N2O2S. The van der Waals surface area contributed by atoms with Crippen molar-refractivity contribution in [3.05, 3.63) is 23.8 Å². The van der Waals surface area contributed by atoms with Gasteiger partial charge in [0.2, 0.25) is 10.0 Å². The van der Waals surface area contributed by atoms with Crippen LogP contribution in [0.4, 0.5) is 5.69 Å². The minimum atomic E-state index is -3.39. The molecule has 0 saturated carbocycles. The fourth-order valence-electron chi connectivity index (χ4n) is 2.66. The molecule has 1 heterocycles. The Hall–Kier alpha value is -1.07. The van der Waals surface area contributed by atoms with Gasteiger partial charge in [-0.3, -0.25) is 0 Å². The molecule has 1 aliphatic rings. The highest BCUT2D eigenvalue weighted by molar-refractivity contribution is 7.89. The molecule has 2 rings (SSSR count). The van der Waals surface area contributed by atoms with Crippen LogP contribution < -0.4 is 5.32 Å². The fourth-order valence-corrected chi connectivity index (χ4v) is 4.55. The van der Waals surface area contributed by atoms with Crippen molar-refractivity contribution in [1.82, 2.24) is 4.31 Å². The summed E-state index contributed by atoms with van der Waals surface area (Å²) < 4.78 is 27.3. The average Bonchev–Trinajstić information content (AvgIpc) is 2.43. The third-order valence-electron chi connectivity index (χ3n) is 3.59. The summed E-state index contributed by atoms with van der Waals surface area (Å²) in [5, 5.41) is 3.29. The van der Waals surface area contributed by atoms with Crippen LogP contribution in [0.3, 0.4) is 0 Å². The van der Waals surface area contributed by atoms with Crippen molar-refractivity contribution in [2.75, 3.05) is 25.0 Å². The van der Waals surface area contributed by atoms with Gasteiger partial charge in [-0.2, -0.15) is 4.31 Å². The van der Waals surface area contributed by atoms with Crippen LogP contribution in [0.15, 0.2) is 23.1 Å². The van der Waals surface area contributed by atoms with Crippen LogP contribution in [0.2, 0.25) is 0 Å². The first-order valence-corrected chi connectivity index (χ1v) is 8.76. The highest BCUT2D eigenvalue weighted by Gasteiger charge is 2.28. The zero-order valence-corrected chi connectivity index (χ0v) is 13.3. The summed E-state index contributed by atoms with van der Waals surface area (Å²) in [7, 11) is -3.39. The highest BCUT2D eigenvalue weighted by Crippen LogP contribution is 2.30. The molecule has 0 bridgehead atoms. The lowest BCUT2D eigenvalue weighted by molar-refractivity contribution is 0.380. The monoisotopic (exact) mass is 296 g/mol. The van der Waals surface area contributed by atoms with Crippen molar-refractivity contribution in [2.45, 2.75) is 38.5 Å². The molecular weight excluding hydrogens is 272 g/mol. The Bertz CT molecular complexity index is 567. The number of rotatable bonds is 5. The number of nitrogens with one attached hydrogen (secondary N) is 1. The van der Waals surface area contributed by atoms with E-state index in [1.807, 2.05) is 32.9 Å².